The number of esters is 1. The van der Waals surface area contributed by atoms with E-state index in [1.165, 1.54) is 0 Å². The lowest BCUT2D eigenvalue weighted by Crippen LogP contribution is -2.42. The first-order valence-electron chi connectivity index (χ1n) is 7.72. The molecule has 25 heavy (non-hydrogen) atoms. The quantitative estimate of drug-likeness (QED) is 0.544. The molecule has 0 aromatic heterocycles. The molecule has 0 saturated carbocycles. The third-order valence-electron chi connectivity index (χ3n) is 3.14. The van der Waals surface area contributed by atoms with Gasteiger partial charge in [-0.25, -0.2) is 9.59 Å². The predicted molar refractivity (Wildman–Crippen MR) is 98.7 cm³/mol. The second-order valence-corrected chi connectivity index (χ2v) is 6.07. The summed E-state index contributed by atoms with van der Waals surface area (Å²) in [5.74, 6) is 0.162. The number of carbonyl (C=O) groups is 2. The number of halogens is 1. The fourth-order valence-corrected chi connectivity index (χ4v) is 2.17. The molecule has 0 radical (unpaired) electrons. The smallest absolute Gasteiger partial charge is 0.328 e. The number of carbonyl (C=O) groups excluding carboxylic acids is 2. The largest absolute Gasteiger partial charge is 0.490 e. The zero-order valence-electron chi connectivity index (χ0n) is 13.7. The van der Waals surface area contributed by atoms with Crippen molar-refractivity contribution in [3.63, 3.8) is 0 Å². The molecule has 7 heteroatoms. The van der Waals surface area contributed by atoms with Crippen LogP contribution in [0, 0.1) is 0 Å². The van der Waals surface area contributed by atoms with Crippen molar-refractivity contribution in [2.75, 3.05) is 18.5 Å². The molecule has 1 atom stereocenters. The number of amides is 2. The summed E-state index contributed by atoms with van der Waals surface area (Å²) in [7, 11) is 0. The molecule has 0 fully saturated rings. The summed E-state index contributed by atoms with van der Waals surface area (Å²) >= 11 is 3.34. The number of anilines is 1. The zero-order valence-corrected chi connectivity index (χ0v) is 15.3. The van der Waals surface area contributed by atoms with E-state index in [-0.39, 0.29) is 13.2 Å². The van der Waals surface area contributed by atoms with E-state index in [4.69, 9.17) is 9.47 Å². The van der Waals surface area contributed by atoms with Gasteiger partial charge in [0.15, 0.2) is 0 Å². The average Bonchev–Trinajstić information content (AvgIpc) is 2.60. The van der Waals surface area contributed by atoms with Crippen LogP contribution in [0.15, 0.2) is 59.1 Å². The Morgan fingerprint density at radius 2 is 1.72 bits per heavy atom. The number of hydrogen-bond donors (Lipinski definition) is 2. The van der Waals surface area contributed by atoms with Crippen LogP contribution in [0.5, 0.6) is 5.75 Å². The molecular formula is C18H19BrN2O4. The Balaban J connectivity index is 1.65. The highest BCUT2D eigenvalue weighted by molar-refractivity contribution is 9.10. The summed E-state index contributed by atoms with van der Waals surface area (Å²) in [5.41, 5.74) is 0.642. The van der Waals surface area contributed by atoms with E-state index in [9.17, 15) is 9.59 Å². The fourth-order valence-electron chi connectivity index (χ4n) is 1.90. The molecule has 2 rings (SSSR count). The van der Waals surface area contributed by atoms with E-state index in [0.717, 1.165) is 4.47 Å². The summed E-state index contributed by atoms with van der Waals surface area (Å²) in [5, 5.41) is 5.16. The highest BCUT2D eigenvalue weighted by atomic mass is 79.9. The monoisotopic (exact) mass is 406 g/mol. The Morgan fingerprint density at radius 3 is 2.40 bits per heavy atom. The van der Waals surface area contributed by atoms with Gasteiger partial charge >= 0.3 is 12.0 Å². The van der Waals surface area contributed by atoms with Crippen LogP contribution >= 0.6 is 15.9 Å². The van der Waals surface area contributed by atoms with Crippen LogP contribution in [0.25, 0.3) is 0 Å². The first-order chi connectivity index (χ1) is 12.0. The van der Waals surface area contributed by atoms with Crippen molar-refractivity contribution in [1.29, 1.82) is 0 Å². The molecule has 2 aromatic carbocycles. The third kappa shape index (κ3) is 6.84. The normalized spacial score (nSPS) is 11.3. The molecule has 2 aromatic rings. The maximum atomic E-state index is 11.9. The lowest BCUT2D eigenvalue weighted by molar-refractivity contribution is -0.146. The van der Waals surface area contributed by atoms with Gasteiger partial charge in [-0.1, -0.05) is 34.1 Å². The number of hydrogen-bond acceptors (Lipinski definition) is 4. The van der Waals surface area contributed by atoms with Gasteiger partial charge in [0.2, 0.25) is 0 Å². The van der Waals surface area contributed by atoms with Gasteiger partial charge < -0.3 is 20.1 Å². The van der Waals surface area contributed by atoms with E-state index in [2.05, 4.69) is 26.6 Å². The number of nitrogens with one attached hydrogen (secondary N) is 2. The Bertz CT molecular complexity index is 692. The molecule has 0 saturated heterocycles. The van der Waals surface area contributed by atoms with E-state index >= 15 is 0 Å². The number of ether oxygens (including phenoxy) is 2. The number of urea groups is 1. The standard InChI is InChI=1S/C18H19BrN2O4/c1-13(20-18(23)21-15-5-3-2-4-6-15)17(22)25-12-11-24-16-9-7-14(19)8-10-16/h2-10,13H,11-12H2,1H3,(H2,20,21,23)/t13-/m0/s1. The van der Waals surface area contributed by atoms with Crippen molar-refractivity contribution in [1.82, 2.24) is 5.32 Å². The van der Waals surface area contributed by atoms with Crippen LogP contribution in [-0.2, 0) is 9.53 Å². The van der Waals surface area contributed by atoms with E-state index < -0.39 is 18.0 Å². The Labute approximate surface area is 154 Å². The summed E-state index contributed by atoms with van der Waals surface area (Å²) < 4.78 is 11.5. The Morgan fingerprint density at radius 1 is 1.04 bits per heavy atom. The van der Waals surface area contributed by atoms with Gasteiger partial charge in [-0.05, 0) is 43.3 Å². The van der Waals surface area contributed by atoms with Gasteiger partial charge in [0.05, 0.1) is 0 Å². The molecule has 0 aliphatic heterocycles. The minimum Gasteiger partial charge on any atom is -0.490 e. The van der Waals surface area contributed by atoms with Crippen molar-refractivity contribution in [2.45, 2.75) is 13.0 Å². The van der Waals surface area contributed by atoms with Crippen molar-refractivity contribution in [3.05, 3.63) is 59.1 Å². The molecule has 6 nitrogen and oxygen atoms in total. The maximum Gasteiger partial charge on any atom is 0.328 e. The van der Waals surface area contributed by atoms with Crippen LogP contribution in [0.1, 0.15) is 6.92 Å². The minimum absolute atomic E-state index is 0.0984. The van der Waals surface area contributed by atoms with Crippen molar-refractivity contribution in [3.8, 4) is 5.75 Å². The molecule has 0 aliphatic rings. The third-order valence-corrected chi connectivity index (χ3v) is 3.67. The van der Waals surface area contributed by atoms with Gasteiger partial charge in [-0.3, -0.25) is 0 Å². The van der Waals surface area contributed by atoms with Crippen molar-refractivity contribution in [2.24, 2.45) is 0 Å². The molecule has 132 valence electrons. The molecule has 0 spiro atoms. The molecule has 0 aliphatic carbocycles. The molecular weight excluding hydrogens is 388 g/mol. The van der Waals surface area contributed by atoms with Crippen molar-refractivity contribution < 1.29 is 19.1 Å². The molecule has 2 N–H and O–H groups in total. The number of rotatable bonds is 7. The van der Waals surface area contributed by atoms with Gasteiger partial charge in [0.1, 0.15) is 25.0 Å². The highest BCUT2D eigenvalue weighted by Crippen LogP contribution is 2.15. The van der Waals surface area contributed by atoms with Gasteiger partial charge in [-0.2, -0.15) is 0 Å². The van der Waals surface area contributed by atoms with Crippen LogP contribution in [0.2, 0.25) is 0 Å². The van der Waals surface area contributed by atoms with Gasteiger partial charge in [-0.15, -0.1) is 0 Å². The fraction of sp³-hybridized carbons (Fsp3) is 0.222. The molecule has 0 unspecified atom stereocenters. The van der Waals surface area contributed by atoms with Crippen LogP contribution in [-0.4, -0.2) is 31.3 Å². The first kappa shape index (κ1) is 18.8. The predicted octanol–water partition coefficient (Wildman–Crippen LogP) is 3.58. The first-order valence-corrected chi connectivity index (χ1v) is 8.51. The highest BCUT2D eigenvalue weighted by Gasteiger charge is 2.16. The number of para-hydroxylation sites is 1. The van der Waals surface area contributed by atoms with Crippen LogP contribution < -0.4 is 15.4 Å². The second-order valence-electron chi connectivity index (χ2n) is 5.16. The topological polar surface area (TPSA) is 76.7 Å². The van der Waals surface area contributed by atoms with Crippen LogP contribution in [0.3, 0.4) is 0 Å². The van der Waals surface area contributed by atoms with Gasteiger partial charge in [0, 0.05) is 10.2 Å². The summed E-state index contributed by atoms with van der Waals surface area (Å²) in [6.07, 6.45) is 0. The lowest BCUT2D eigenvalue weighted by Gasteiger charge is -2.14. The van der Waals surface area contributed by atoms with Gasteiger partial charge in [0.25, 0.3) is 0 Å². The lowest BCUT2D eigenvalue weighted by atomic mass is 10.3. The van der Waals surface area contributed by atoms with E-state index in [1.807, 2.05) is 30.3 Å². The Hall–Kier alpha value is -2.54. The van der Waals surface area contributed by atoms with Crippen LogP contribution in [0.4, 0.5) is 10.5 Å². The maximum absolute atomic E-state index is 11.9. The number of benzene rings is 2. The van der Waals surface area contributed by atoms with E-state index in [1.54, 1.807) is 31.2 Å². The summed E-state index contributed by atoms with van der Waals surface area (Å²) in [6, 6.07) is 15.1. The molecule has 0 heterocycles. The summed E-state index contributed by atoms with van der Waals surface area (Å²) in [6.45, 7) is 1.89. The molecule has 2 amide bonds. The average molecular weight is 407 g/mol. The van der Waals surface area contributed by atoms with E-state index in [0.29, 0.717) is 11.4 Å². The second kappa shape index (κ2) is 9.68. The summed E-state index contributed by atoms with van der Waals surface area (Å²) in [4.78, 5) is 23.7. The minimum atomic E-state index is -0.767. The Kier molecular flexibility index (Phi) is 7.28. The molecule has 0 bridgehead atoms. The van der Waals surface area contributed by atoms with Crippen molar-refractivity contribution >= 4 is 33.6 Å². The zero-order chi connectivity index (χ0) is 18.1. The SMILES string of the molecule is C[C@H](NC(=O)Nc1ccccc1)C(=O)OCCOc1ccc(Br)cc1.